The molecule has 146 valence electrons. The molecule has 0 unspecified atom stereocenters. The van der Waals surface area contributed by atoms with Crippen LogP contribution in [0, 0.1) is 10.1 Å². The Kier molecular flexibility index (Phi) is 6.10. The first-order chi connectivity index (χ1) is 12.9. The summed E-state index contributed by atoms with van der Waals surface area (Å²) in [5.74, 6) is 0. The lowest BCUT2D eigenvalue weighted by molar-refractivity contribution is -0.385. The fourth-order valence-electron chi connectivity index (χ4n) is 2.97. The van der Waals surface area contributed by atoms with Gasteiger partial charge in [-0.05, 0) is 24.4 Å². The lowest BCUT2D eigenvalue weighted by atomic mass is 10.2. The molecule has 2 aromatic rings. The maximum Gasteiger partial charge on any atom is 0.270 e. The van der Waals surface area contributed by atoms with Crippen LogP contribution in [0.2, 0.25) is 0 Å². The Morgan fingerprint density at radius 2 is 2.04 bits per heavy atom. The van der Waals surface area contributed by atoms with Gasteiger partial charge in [0.1, 0.15) is 4.90 Å². The van der Waals surface area contributed by atoms with E-state index in [2.05, 4.69) is 0 Å². The number of ether oxygens (including phenoxy) is 1. The molecule has 0 N–H and O–H groups in total. The van der Waals surface area contributed by atoms with E-state index in [4.69, 9.17) is 4.74 Å². The maximum atomic E-state index is 13.2. The standard InChI is InChI=1S/C17H21N3O5S2/c1-2-18(13-15-4-3-11-26-15)16-6-5-14(20(21)22)12-17(16)27(23,24)19-7-9-25-10-8-19/h3-6,11-12H,2,7-10,13H2,1H3. The molecule has 0 atom stereocenters. The third-order valence-corrected chi connectivity index (χ3v) is 7.18. The smallest absolute Gasteiger partial charge is 0.270 e. The van der Waals surface area contributed by atoms with Gasteiger partial charge in [-0.3, -0.25) is 10.1 Å². The van der Waals surface area contributed by atoms with Crippen molar-refractivity contribution in [3.05, 3.63) is 50.7 Å². The van der Waals surface area contributed by atoms with Crippen molar-refractivity contribution in [3.63, 3.8) is 0 Å². The van der Waals surface area contributed by atoms with Gasteiger partial charge in [0.05, 0.1) is 30.4 Å². The number of benzene rings is 1. The van der Waals surface area contributed by atoms with E-state index in [-0.39, 0.29) is 23.7 Å². The molecule has 1 aliphatic heterocycles. The predicted octanol–water partition coefficient (Wildman–Crippen LogP) is 2.70. The molecule has 1 fully saturated rings. The number of hydrogen-bond donors (Lipinski definition) is 0. The van der Waals surface area contributed by atoms with Gasteiger partial charge in [-0.2, -0.15) is 4.31 Å². The molecule has 10 heteroatoms. The number of morpholine rings is 1. The third-order valence-electron chi connectivity index (χ3n) is 4.39. The molecule has 8 nitrogen and oxygen atoms in total. The lowest BCUT2D eigenvalue weighted by Gasteiger charge is -2.29. The number of sulfonamides is 1. The zero-order valence-electron chi connectivity index (χ0n) is 14.9. The van der Waals surface area contributed by atoms with Crippen molar-refractivity contribution in [3.8, 4) is 0 Å². The van der Waals surface area contributed by atoms with Crippen LogP contribution in [0.4, 0.5) is 11.4 Å². The van der Waals surface area contributed by atoms with E-state index < -0.39 is 14.9 Å². The monoisotopic (exact) mass is 411 g/mol. The average Bonchev–Trinajstić information content (AvgIpc) is 3.19. The lowest BCUT2D eigenvalue weighted by Crippen LogP contribution is -2.41. The number of rotatable bonds is 7. The molecule has 1 saturated heterocycles. The molecule has 0 aliphatic carbocycles. The number of non-ortho nitro benzene ring substituents is 1. The second kappa shape index (κ2) is 8.34. The highest BCUT2D eigenvalue weighted by atomic mass is 32.2. The van der Waals surface area contributed by atoms with Crippen LogP contribution in [0.25, 0.3) is 0 Å². The van der Waals surface area contributed by atoms with Crippen molar-refractivity contribution in [1.82, 2.24) is 4.31 Å². The molecule has 1 aromatic heterocycles. The SMILES string of the molecule is CCN(Cc1cccs1)c1ccc([N+](=O)[O-])cc1S(=O)(=O)N1CCOCC1. The normalized spacial score (nSPS) is 15.6. The molecule has 0 radical (unpaired) electrons. The number of anilines is 1. The Bertz CT molecular complexity index is 893. The Hall–Kier alpha value is -2.01. The summed E-state index contributed by atoms with van der Waals surface area (Å²) < 4.78 is 33.0. The number of nitrogens with zero attached hydrogens (tertiary/aromatic N) is 3. The summed E-state index contributed by atoms with van der Waals surface area (Å²) in [5, 5.41) is 13.2. The first-order valence-corrected chi connectivity index (χ1v) is 10.9. The van der Waals surface area contributed by atoms with Gasteiger partial charge in [0, 0.05) is 36.6 Å². The summed E-state index contributed by atoms with van der Waals surface area (Å²) in [7, 11) is -3.87. The zero-order chi connectivity index (χ0) is 19.4. The van der Waals surface area contributed by atoms with Crippen molar-refractivity contribution in [1.29, 1.82) is 0 Å². The maximum absolute atomic E-state index is 13.2. The molecule has 0 bridgehead atoms. The van der Waals surface area contributed by atoms with E-state index in [0.29, 0.717) is 32.0 Å². The predicted molar refractivity (Wildman–Crippen MR) is 104 cm³/mol. The summed E-state index contributed by atoms with van der Waals surface area (Å²) in [4.78, 5) is 13.6. The Balaban J connectivity index is 2.06. The summed E-state index contributed by atoms with van der Waals surface area (Å²) in [6, 6.07) is 7.97. The van der Waals surface area contributed by atoms with E-state index in [1.54, 1.807) is 11.3 Å². The molecular weight excluding hydrogens is 390 g/mol. The van der Waals surface area contributed by atoms with E-state index >= 15 is 0 Å². The molecule has 0 spiro atoms. The van der Waals surface area contributed by atoms with Crippen molar-refractivity contribution in [2.24, 2.45) is 0 Å². The molecule has 0 saturated carbocycles. The van der Waals surface area contributed by atoms with Crippen molar-refractivity contribution < 1.29 is 18.1 Å². The van der Waals surface area contributed by atoms with Crippen molar-refractivity contribution >= 4 is 32.7 Å². The van der Waals surface area contributed by atoms with E-state index in [0.717, 1.165) is 10.9 Å². The minimum Gasteiger partial charge on any atom is -0.379 e. The highest BCUT2D eigenvalue weighted by molar-refractivity contribution is 7.89. The largest absolute Gasteiger partial charge is 0.379 e. The van der Waals surface area contributed by atoms with Crippen LogP contribution in [0.15, 0.2) is 40.6 Å². The minimum absolute atomic E-state index is 0.0305. The molecule has 1 aromatic carbocycles. The first kappa shape index (κ1) is 19.7. The number of thiophene rings is 1. The van der Waals surface area contributed by atoms with Crippen LogP contribution in [0.5, 0.6) is 0 Å². The van der Waals surface area contributed by atoms with Gasteiger partial charge in [-0.15, -0.1) is 11.3 Å². The average molecular weight is 412 g/mol. The van der Waals surface area contributed by atoms with Gasteiger partial charge in [0.15, 0.2) is 0 Å². The zero-order valence-corrected chi connectivity index (χ0v) is 16.5. The van der Waals surface area contributed by atoms with Gasteiger partial charge < -0.3 is 9.64 Å². The Labute approximate surface area is 162 Å². The topological polar surface area (TPSA) is 93.0 Å². The molecule has 2 heterocycles. The van der Waals surface area contributed by atoms with Crippen LogP contribution >= 0.6 is 11.3 Å². The fourth-order valence-corrected chi connectivity index (χ4v) is 5.33. The van der Waals surface area contributed by atoms with E-state index in [1.807, 2.05) is 29.3 Å². The Morgan fingerprint density at radius 1 is 1.30 bits per heavy atom. The van der Waals surface area contributed by atoms with Crippen LogP contribution < -0.4 is 4.90 Å². The molecule has 1 aliphatic rings. The highest BCUT2D eigenvalue weighted by Gasteiger charge is 2.31. The second-order valence-corrected chi connectivity index (χ2v) is 8.96. The van der Waals surface area contributed by atoms with Gasteiger partial charge in [0.25, 0.3) is 5.69 Å². The minimum atomic E-state index is -3.87. The van der Waals surface area contributed by atoms with Crippen LogP contribution in [0.3, 0.4) is 0 Å². The van der Waals surface area contributed by atoms with Crippen LogP contribution in [-0.2, 0) is 21.3 Å². The summed E-state index contributed by atoms with van der Waals surface area (Å²) in [6.07, 6.45) is 0. The summed E-state index contributed by atoms with van der Waals surface area (Å²) in [6.45, 7) is 4.15. The van der Waals surface area contributed by atoms with Crippen LogP contribution in [0.1, 0.15) is 11.8 Å². The fraction of sp³-hybridized carbons (Fsp3) is 0.412. The quantitative estimate of drug-likeness (QED) is 0.514. The summed E-state index contributed by atoms with van der Waals surface area (Å²) in [5.41, 5.74) is 0.237. The van der Waals surface area contributed by atoms with Crippen LogP contribution in [-0.4, -0.2) is 50.5 Å². The number of nitro groups is 1. The summed E-state index contributed by atoms with van der Waals surface area (Å²) >= 11 is 1.58. The van der Waals surface area contributed by atoms with Crippen molar-refractivity contribution in [2.45, 2.75) is 18.4 Å². The van der Waals surface area contributed by atoms with Gasteiger partial charge in [0.2, 0.25) is 10.0 Å². The van der Waals surface area contributed by atoms with E-state index in [1.165, 1.54) is 16.4 Å². The van der Waals surface area contributed by atoms with Crippen molar-refractivity contribution in [2.75, 3.05) is 37.7 Å². The Morgan fingerprint density at radius 3 is 2.63 bits per heavy atom. The number of hydrogen-bond acceptors (Lipinski definition) is 7. The van der Waals surface area contributed by atoms with E-state index in [9.17, 15) is 18.5 Å². The van der Waals surface area contributed by atoms with Gasteiger partial charge in [-0.1, -0.05) is 6.07 Å². The van der Waals surface area contributed by atoms with Gasteiger partial charge in [-0.25, -0.2) is 8.42 Å². The first-order valence-electron chi connectivity index (χ1n) is 8.57. The second-order valence-electron chi connectivity index (χ2n) is 6.02. The molecule has 27 heavy (non-hydrogen) atoms. The molecular formula is C17H21N3O5S2. The molecule has 3 rings (SSSR count). The number of nitro benzene ring substituents is 1. The highest BCUT2D eigenvalue weighted by Crippen LogP contribution is 2.33. The molecule has 0 amide bonds. The van der Waals surface area contributed by atoms with Gasteiger partial charge >= 0.3 is 0 Å². The third kappa shape index (κ3) is 4.29.